The summed E-state index contributed by atoms with van der Waals surface area (Å²) >= 11 is 0. The number of hydrogen-bond donors (Lipinski definition) is 1. The summed E-state index contributed by atoms with van der Waals surface area (Å²) in [4.78, 5) is 13.9. The highest BCUT2D eigenvalue weighted by Gasteiger charge is 2.42. The zero-order valence-electron chi connectivity index (χ0n) is 23.0. The summed E-state index contributed by atoms with van der Waals surface area (Å²) in [5.74, 6) is -1.24. The molecule has 1 unspecified atom stereocenters. The van der Waals surface area contributed by atoms with Crippen molar-refractivity contribution in [2.24, 2.45) is 13.0 Å². The van der Waals surface area contributed by atoms with E-state index in [-0.39, 0.29) is 60.7 Å². The van der Waals surface area contributed by atoms with Crippen molar-refractivity contribution in [3.8, 4) is 11.9 Å². The molecule has 14 heteroatoms. The lowest BCUT2D eigenvalue weighted by molar-refractivity contribution is -0.185. The fraction of sp³-hybridized carbons (Fsp3) is 0.379. The number of benzene rings is 1. The highest BCUT2D eigenvalue weighted by atomic mass is 19.4. The number of hydrogen-bond acceptors (Lipinski definition) is 7. The Morgan fingerprint density at radius 1 is 1.05 bits per heavy atom. The van der Waals surface area contributed by atoms with Gasteiger partial charge < -0.3 is 14.4 Å². The summed E-state index contributed by atoms with van der Waals surface area (Å²) in [6, 6.07) is 8.65. The van der Waals surface area contributed by atoms with Crippen LogP contribution >= 0.6 is 0 Å². The van der Waals surface area contributed by atoms with Crippen LogP contribution < -0.4 is 4.74 Å². The Morgan fingerprint density at radius 3 is 2.28 bits per heavy atom. The number of aryl methyl sites for hydroxylation is 1. The van der Waals surface area contributed by atoms with Crippen LogP contribution in [0.25, 0.3) is 10.9 Å². The van der Waals surface area contributed by atoms with Crippen molar-refractivity contribution in [2.45, 2.75) is 37.3 Å². The van der Waals surface area contributed by atoms with Crippen molar-refractivity contribution < 1.29 is 36.2 Å². The van der Waals surface area contributed by atoms with Crippen molar-refractivity contribution in [1.82, 2.24) is 24.4 Å². The summed E-state index contributed by atoms with van der Waals surface area (Å²) in [5.41, 5.74) is -1.85. The molecule has 226 valence electrons. The number of piperidine rings is 1. The van der Waals surface area contributed by atoms with E-state index in [1.54, 1.807) is 18.0 Å². The quantitative estimate of drug-likeness (QED) is 0.298. The van der Waals surface area contributed by atoms with Crippen molar-refractivity contribution in [3.63, 3.8) is 0 Å². The largest absolute Gasteiger partial charge is 0.481 e. The van der Waals surface area contributed by atoms with E-state index in [9.17, 15) is 36.7 Å². The molecular weight excluding hydrogens is 578 g/mol. The maximum absolute atomic E-state index is 13.2. The number of halogens is 6. The molecule has 5 rings (SSSR count). The molecule has 1 aliphatic heterocycles. The molecule has 0 amide bonds. The Bertz CT molecular complexity index is 1670. The number of aliphatic hydroxyl groups is 1. The number of nitrogens with zero attached hydrogens (tertiary/aromatic N) is 6. The third-order valence-electron chi connectivity index (χ3n) is 7.86. The second-order valence-corrected chi connectivity index (χ2v) is 10.4. The maximum Gasteiger partial charge on any atom is 0.433 e. The van der Waals surface area contributed by atoms with E-state index in [1.165, 1.54) is 36.3 Å². The third-order valence-corrected chi connectivity index (χ3v) is 7.86. The van der Waals surface area contributed by atoms with Crippen molar-refractivity contribution >= 4 is 10.9 Å². The van der Waals surface area contributed by atoms with Gasteiger partial charge in [0, 0.05) is 36.3 Å². The van der Waals surface area contributed by atoms with Gasteiger partial charge in [-0.3, -0.25) is 9.88 Å². The zero-order valence-corrected chi connectivity index (χ0v) is 23.0. The number of fused-ring (bicyclic) bond motifs is 1. The van der Waals surface area contributed by atoms with E-state index in [1.807, 2.05) is 0 Å². The zero-order chi connectivity index (χ0) is 31.2. The average Bonchev–Trinajstić information content (AvgIpc) is 3.41. The number of rotatable bonds is 6. The molecular formula is C29H26F6N6O2. The molecule has 3 aromatic heterocycles. The van der Waals surface area contributed by atoms with E-state index < -0.39 is 29.6 Å². The minimum atomic E-state index is -4.68. The number of nitriles is 1. The molecule has 1 aliphatic rings. The Labute approximate surface area is 242 Å². The lowest BCUT2D eigenvalue weighted by Gasteiger charge is -2.33. The van der Waals surface area contributed by atoms with Gasteiger partial charge in [0.2, 0.25) is 5.88 Å². The van der Waals surface area contributed by atoms with Crippen molar-refractivity contribution in [1.29, 1.82) is 5.26 Å². The van der Waals surface area contributed by atoms with Crippen LogP contribution in [0.2, 0.25) is 0 Å². The van der Waals surface area contributed by atoms with Gasteiger partial charge in [0.1, 0.15) is 11.8 Å². The Kier molecular flexibility index (Phi) is 7.82. The van der Waals surface area contributed by atoms with Gasteiger partial charge in [0.25, 0.3) is 0 Å². The second-order valence-electron chi connectivity index (χ2n) is 10.4. The highest BCUT2D eigenvalue weighted by Crippen LogP contribution is 2.40. The van der Waals surface area contributed by atoms with E-state index in [4.69, 9.17) is 4.74 Å². The number of imidazole rings is 1. The molecule has 0 saturated carbocycles. The fourth-order valence-corrected chi connectivity index (χ4v) is 5.53. The highest BCUT2D eigenvalue weighted by molar-refractivity contribution is 5.88. The molecule has 8 nitrogen and oxygen atoms in total. The first-order valence-corrected chi connectivity index (χ1v) is 13.2. The molecule has 1 atom stereocenters. The third kappa shape index (κ3) is 5.62. The monoisotopic (exact) mass is 604 g/mol. The minimum absolute atomic E-state index is 0.0242. The van der Waals surface area contributed by atoms with Crippen LogP contribution in [-0.2, 0) is 25.4 Å². The van der Waals surface area contributed by atoms with Gasteiger partial charge in [0.05, 0.1) is 42.3 Å². The summed E-state index contributed by atoms with van der Waals surface area (Å²) in [7, 11) is 2.99. The predicted molar refractivity (Wildman–Crippen MR) is 142 cm³/mol. The van der Waals surface area contributed by atoms with Crippen LogP contribution in [0.5, 0.6) is 5.88 Å². The van der Waals surface area contributed by atoms with Gasteiger partial charge in [0.15, 0.2) is 5.60 Å². The van der Waals surface area contributed by atoms with Gasteiger partial charge in [-0.15, -0.1) is 0 Å². The normalized spacial score (nSPS) is 16.7. The van der Waals surface area contributed by atoms with E-state index in [2.05, 4.69) is 21.0 Å². The molecule has 1 N–H and O–H groups in total. The van der Waals surface area contributed by atoms with Crippen molar-refractivity contribution in [2.75, 3.05) is 20.2 Å². The molecule has 4 heterocycles. The van der Waals surface area contributed by atoms with Gasteiger partial charge >= 0.3 is 12.4 Å². The summed E-state index contributed by atoms with van der Waals surface area (Å²) in [5, 5.41) is 22.8. The Balaban J connectivity index is 1.61. The molecule has 0 bridgehead atoms. The first-order valence-electron chi connectivity index (χ1n) is 13.2. The molecule has 1 aromatic carbocycles. The molecule has 43 heavy (non-hydrogen) atoms. The molecule has 0 spiro atoms. The number of aromatic nitrogens is 4. The number of methoxy groups -OCH3 is 1. The second kappa shape index (κ2) is 11.1. The van der Waals surface area contributed by atoms with E-state index in [0.717, 1.165) is 18.3 Å². The Morgan fingerprint density at radius 2 is 1.74 bits per heavy atom. The fourth-order valence-electron chi connectivity index (χ4n) is 5.53. The van der Waals surface area contributed by atoms with E-state index >= 15 is 0 Å². The summed E-state index contributed by atoms with van der Waals surface area (Å²) < 4.78 is 86.2. The van der Waals surface area contributed by atoms with Crippen LogP contribution in [0.1, 0.15) is 46.5 Å². The van der Waals surface area contributed by atoms with Crippen LogP contribution in [0.3, 0.4) is 0 Å². The number of likely N-dealkylation sites (tertiary alicyclic amines) is 1. The summed E-state index contributed by atoms with van der Waals surface area (Å²) in [6.45, 7) is 0.438. The van der Waals surface area contributed by atoms with Crippen molar-refractivity contribution in [3.05, 3.63) is 82.7 Å². The predicted octanol–water partition coefficient (Wildman–Crippen LogP) is 5.32. The molecule has 1 saturated heterocycles. The first-order chi connectivity index (χ1) is 20.3. The van der Waals surface area contributed by atoms with Gasteiger partial charge in [-0.2, -0.15) is 31.6 Å². The number of pyridine rings is 2. The van der Waals surface area contributed by atoms with Crippen LogP contribution in [0.4, 0.5) is 26.3 Å². The molecule has 0 radical (unpaired) electrons. The first kappa shape index (κ1) is 30.2. The van der Waals surface area contributed by atoms with Gasteiger partial charge in [-0.25, -0.2) is 9.97 Å². The lowest BCUT2D eigenvalue weighted by atomic mass is 9.83. The van der Waals surface area contributed by atoms with E-state index in [0.29, 0.717) is 16.5 Å². The molecule has 0 aliphatic carbocycles. The smallest absolute Gasteiger partial charge is 0.433 e. The van der Waals surface area contributed by atoms with Crippen LogP contribution in [-0.4, -0.2) is 55.9 Å². The lowest BCUT2D eigenvalue weighted by Crippen LogP contribution is -2.38. The molecule has 4 aromatic rings. The van der Waals surface area contributed by atoms with Gasteiger partial charge in [-0.1, -0.05) is 12.1 Å². The maximum atomic E-state index is 13.2. The summed E-state index contributed by atoms with van der Waals surface area (Å²) in [6.07, 6.45) is -5.36. The minimum Gasteiger partial charge on any atom is -0.481 e. The van der Waals surface area contributed by atoms with Gasteiger partial charge in [-0.05, 0) is 49.7 Å². The van der Waals surface area contributed by atoms with Crippen LogP contribution in [0.15, 0.2) is 49.1 Å². The average molecular weight is 605 g/mol. The number of ether oxygens (including phenoxy) is 1. The SMILES string of the molecule is COc1nc2ccc(C(O)(c3ccc(C(F)(F)F)nc3)c3cncn3C)cc2c(C#N)c1CN1CCC(C(F)(F)F)CC1. The number of alkyl halides is 6. The van der Waals surface area contributed by atoms with Crippen LogP contribution in [0, 0.1) is 17.2 Å². The standard InChI is InChI=1S/C29H26F6N6O2/c1-40-16-37-14-25(40)27(42,19-4-6-24(38-13-19)29(33,34)35)18-3-5-23-20(11-18)21(12-36)22(26(39-23)43-2)15-41-9-7-17(8-10-41)28(30,31)32/h3-6,11,13-14,16-17,42H,7-10,15H2,1-2H3. The molecule has 1 fully saturated rings. The Hall–Kier alpha value is -4.22. The topological polar surface area (TPSA) is 100 Å².